The van der Waals surface area contributed by atoms with E-state index in [1.54, 1.807) is 42.4 Å². The van der Waals surface area contributed by atoms with Crippen LogP contribution in [0.25, 0.3) is 11.8 Å². The summed E-state index contributed by atoms with van der Waals surface area (Å²) in [6.07, 6.45) is 1.35. The summed E-state index contributed by atoms with van der Waals surface area (Å²) in [7, 11) is 1.72. The number of carbonyl (C=O) groups is 2. The normalized spacial score (nSPS) is 13.9. The number of aromatic nitrogens is 4. The number of alkyl halides is 3. The number of pyridine rings is 1. The van der Waals surface area contributed by atoms with Gasteiger partial charge in [0, 0.05) is 55.8 Å². The standard InChI is InChI=1S/C30H32F3N7O2/c1-4-25(21-14-18-39(19-15-21)26(41)13-16-30(31,32)33)27-36-29(37-40(27)5-2)35-23-11-9-22(10-12-23)28(42)38(3)20-24-8-6-7-17-34-24/h4-12,14,17H,2,13,15-16,18-20H2,1,3H3,(H,35,37)/b25-4-. The smallest absolute Gasteiger partial charge is 0.339 e. The highest BCUT2D eigenvalue weighted by Gasteiger charge is 2.30. The molecule has 3 heterocycles. The molecule has 0 radical (unpaired) electrons. The van der Waals surface area contributed by atoms with E-state index in [1.807, 2.05) is 37.3 Å². The highest BCUT2D eigenvalue weighted by molar-refractivity contribution is 5.94. The van der Waals surface area contributed by atoms with Gasteiger partial charge in [-0.05, 0) is 55.3 Å². The quantitative estimate of drug-likeness (QED) is 0.331. The number of anilines is 2. The average molecular weight is 580 g/mol. The van der Waals surface area contributed by atoms with Gasteiger partial charge in [0.25, 0.3) is 5.91 Å². The van der Waals surface area contributed by atoms with Gasteiger partial charge in [-0.15, -0.1) is 5.10 Å². The predicted octanol–water partition coefficient (Wildman–Crippen LogP) is 5.69. The molecule has 1 N–H and O–H groups in total. The maximum atomic E-state index is 12.9. The summed E-state index contributed by atoms with van der Waals surface area (Å²) in [5.74, 6) is 0.192. The fraction of sp³-hybridized carbons (Fsp3) is 0.300. The van der Waals surface area contributed by atoms with E-state index in [2.05, 4.69) is 27.0 Å². The Morgan fingerprint density at radius 2 is 1.93 bits per heavy atom. The number of amides is 2. The molecule has 1 aliphatic rings. The molecular weight excluding hydrogens is 547 g/mol. The van der Waals surface area contributed by atoms with Gasteiger partial charge < -0.3 is 15.1 Å². The molecule has 220 valence electrons. The minimum absolute atomic E-state index is 0.136. The maximum absolute atomic E-state index is 12.9. The lowest BCUT2D eigenvalue weighted by Gasteiger charge is -2.27. The second-order valence-electron chi connectivity index (χ2n) is 9.71. The lowest BCUT2D eigenvalue weighted by Crippen LogP contribution is -2.35. The Hall–Kier alpha value is -4.74. The first-order chi connectivity index (χ1) is 20.1. The number of rotatable bonds is 10. The van der Waals surface area contributed by atoms with Crippen molar-refractivity contribution >= 4 is 35.2 Å². The van der Waals surface area contributed by atoms with Crippen molar-refractivity contribution in [3.63, 3.8) is 0 Å². The van der Waals surface area contributed by atoms with Crippen molar-refractivity contribution < 1.29 is 22.8 Å². The van der Waals surface area contributed by atoms with Crippen LogP contribution < -0.4 is 5.32 Å². The third kappa shape index (κ3) is 7.71. The summed E-state index contributed by atoms with van der Waals surface area (Å²) in [6, 6.07) is 12.5. The van der Waals surface area contributed by atoms with Crippen molar-refractivity contribution in [2.24, 2.45) is 0 Å². The van der Waals surface area contributed by atoms with Gasteiger partial charge in [-0.1, -0.05) is 24.8 Å². The largest absolute Gasteiger partial charge is 0.389 e. The van der Waals surface area contributed by atoms with Crippen LogP contribution in [0.15, 0.2) is 73.0 Å². The van der Waals surface area contributed by atoms with Gasteiger partial charge in [-0.2, -0.15) is 18.2 Å². The van der Waals surface area contributed by atoms with Crippen molar-refractivity contribution in [1.29, 1.82) is 0 Å². The number of carbonyl (C=O) groups excluding carboxylic acids is 2. The Bertz CT molecular complexity index is 1480. The second kappa shape index (κ2) is 13.3. The van der Waals surface area contributed by atoms with Crippen LogP contribution in [-0.4, -0.2) is 67.7 Å². The monoisotopic (exact) mass is 579 g/mol. The molecule has 42 heavy (non-hydrogen) atoms. The summed E-state index contributed by atoms with van der Waals surface area (Å²) in [4.78, 5) is 37.0. The van der Waals surface area contributed by atoms with E-state index >= 15 is 0 Å². The lowest BCUT2D eigenvalue weighted by atomic mass is 9.98. The summed E-state index contributed by atoms with van der Waals surface area (Å²) in [5, 5.41) is 7.61. The fourth-order valence-corrected chi connectivity index (χ4v) is 4.54. The minimum Gasteiger partial charge on any atom is -0.339 e. The average Bonchev–Trinajstić information content (AvgIpc) is 3.39. The van der Waals surface area contributed by atoms with Crippen LogP contribution in [-0.2, 0) is 11.3 Å². The van der Waals surface area contributed by atoms with Crippen LogP contribution in [0.4, 0.5) is 24.8 Å². The zero-order valence-electron chi connectivity index (χ0n) is 23.4. The molecule has 4 rings (SSSR count). The Morgan fingerprint density at radius 1 is 1.17 bits per heavy atom. The van der Waals surface area contributed by atoms with Crippen LogP contribution in [0.2, 0.25) is 0 Å². The molecule has 1 aromatic carbocycles. The third-order valence-corrected chi connectivity index (χ3v) is 6.72. The van der Waals surface area contributed by atoms with Crippen molar-refractivity contribution in [3.05, 3.63) is 90.0 Å². The van der Waals surface area contributed by atoms with Crippen molar-refractivity contribution in [3.8, 4) is 0 Å². The number of hydrogen-bond acceptors (Lipinski definition) is 6. The van der Waals surface area contributed by atoms with Gasteiger partial charge in [-0.25, -0.2) is 4.68 Å². The van der Waals surface area contributed by atoms with Gasteiger partial charge in [0.2, 0.25) is 11.9 Å². The summed E-state index contributed by atoms with van der Waals surface area (Å²) in [5.41, 5.74) is 3.70. The molecule has 12 heteroatoms. The van der Waals surface area contributed by atoms with E-state index in [0.29, 0.717) is 42.5 Å². The molecule has 0 saturated carbocycles. The highest BCUT2D eigenvalue weighted by Crippen LogP contribution is 2.29. The Kier molecular flexibility index (Phi) is 9.56. The fourth-order valence-electron chi connectivity index (χ4n) is 4.54. The number of nitrogens with one attached hydrogen (secondary N) is 1. The van der Waals surface area contributed by atoms with Crippen LogP contribution in [0.5, 0.6) is 0 Å². The van der Waals surface area contributed by atoms with E-state index in [1.165, 1.54) is 15.8 Å². The topological polar surface area (TPSA) is 96.2 Å². The summed E-state index contributed by atoms with van der Waals surface area (Å²) >= 11 is 0. The molecule has 3 aromatic rings. The Labute approximate surface area is 242 Å². The lowest BCUT2D eigenvalue weighted by molar-refractivity contribution is -0.148. The van der Waals surface area contributed by atoms with E-state index in [9.17, 15) is 22.8 Å². The molecule has 2 aromatic heterocycles. The molecule has 9 nitrogen and oxygen atoms in total. The number of allylic oxidation sites excluding steroid dienone is 2. The molecule has 0 aliphatic carbocycles. The van der Waals surface area contributed by atoms with Crippen molar-refractivity contribution in [2.75, 3.05) is 25.5 Å². The first kappa shape index (κ1) is 30.2. The van der Waals surface area contributed by atoms with Gasteiger partial charge >= 0.3 is 6.18 Å². The maximum Gasteiger partial charge on any atom is 0.389 e. The molecule has 0 bridgehead atoms. The van der Waals surface area contributed by atoms with Crippen LogP contribution in [0, 0.1) is 0 Å². The molecular formula is C30H32F3N7O2. The van der Waals surface area contributed by atoms with Crippen LogP contribution in [0.1, 0.15) is 48.1 Å². The van der Waals surface area contributed by atoms with Gasteiger partial charge in [0.1, 0.15) is 0 Å². The van der Waals surface area contributed by atoms with Crippen molar-refractivity contribution in [1.82, 2.24) is 29.5 Å². The number of benzene rings is 1. The van der Waals surface area contributed by atoms with E-state index in [-0.39, 0.29) is 12.5 Å². The number of hydrogen-bond donors (Lipinski definition) is 1. The molecule has 0 atom stereocenters. The molecule has 1 aliphatic heterocycles. The SMILES string of the molecule is C=Cn1nc(Nc2ccc(C(=O)N(C)Cc3ccccn3)cc2)nc1/C(=C\C)C1=CCN(C(=O)CCC(F)(F)F)CC1. The predicted molar refractivity (Wildman–Crippen MR) is 154 cm³/mol. The first-order valence-electron chi connectivity index (χ1n) is 13.4. The zero-order chi connectivity index (χ0) is 30.3. The molecule has 0 saturated heterocycles. The van der Waals surface area contributed by atoms with E-state index in [0.717, 1.165) is 16.8 Å². The van der Waals surface area contributed by atoms with E-state index < -0.39 is 24.9 Å². The number of halogens is 3. The summed E-state index contributed by atoms with van der Waals surface area (Å²) < 4.78 is 39.0. The molecule has 2 amide bonds. The van der Waals surface area contributed by atoms with Crippen molar-refractivity contribution in [2.45, 2.75) is 38.9 Å². The molecule has 0 unspecified atom stereocenters. The van der Waals surface area contributed by atoms with Crippen LogP contribution in [0.3, 0.4) is 0 Å². The number of nitrogens with zero attached hydrogens (tertiary/aromatic N) is 6. The third-order valence-electron chi connectivity index (χ3n) is 6.72. The molecule has 0 spiro atoms. The van der Waals surface area contributed by atoms with Gasteiger partial charge in [0.05, 0.1) is 18.7 Å². The zero-order valence-corrected chi connectivity index (χ0v) is 23.4. The van der Waals surface area contributed by atoms with Crippen LogP contribution >= 0.6 is 0 Å². The summed E-state index contributed by atoms with van der Waals surface area (Å²) in [6.45, 7) is 6.60. The molecule has 0 fully saturated rings. The van der Waals surface area contributed by atoms with E-state index in [4.69, 9.17) is 0 Å². The second-order valence-corrected chi connectivity index (χ2v) is 9.71. The highest BCUT2D eigenvalue weighted by atomic mass is 19.4. The minimum atomic E-state index is -4.36. The Balaban J connectivity index is 1.41. The van der Waals surface area contributed by atoms with Gasteiger partial charge in [0.15, 0.2) is 5.82 Å². The first-order valence-corrected chi connectivity index (χ1v) is 13.4. The van der Waals surface area contributed by atoms with Gasteiger partial charge in [-0.3, -0.25) is 14.6 Å². The Morgan fingerprint density at radius 3 is 2.52 bits per heavy atom.